The van der Waals surface area contributed by atoms with Gasteiger partial charge >= 0.3 is 6.03 Å². The third-order valence-corrected chi connectivity index (χ3v) is 7.48. The maximum absolute atomic E-state index is 14.1. The Morgan fingerprint density at radius 1 is 1.07 bits per heavy atom. The highest BCUT2D eigenvalue weighted by Gasteiger charge is 2.43. The monoisotopic (exact) mass is 620 g/mol. The quantitative estimate of drug-likeness (QED) is 0.131. The number of piperazine rings is 1. The van der Waals surface area contributed by atoms with Crippen LogP contribution < -0.4 is 31.4 Å². The van der Waals surface area contributed by atoms with Crippen LogP contribution in [0.5, 0.6) is 11.5 Å². The smallest absolute Gasteiger partial charge is 0.316 e. The first kappa shape index (κ1) is 32.3. The zero-order valence-electron chi connectivity index (χ0n) is 24.5. The largest absolute Gasteiger partial charge is 0.495 e. The van der Waals surface area contributed by atoms with Crippen LogP contribution in [0.4, 0.5) is 4.79 Å². The van der Waals surface area contributed by atoms with Crippen LogP contribution in [-0.2, 0) is 29.1 Å². The number of halogens is 1. The number of nitrogens with two attached hydrogens (primary N) is 1. The number of nitrogens with one attached hydrogen (secondary N) is 3. The molecule has 0 saturated carbocycles. The highest BCUT2D eigenvalue weighted by atomic mass is 35.5. The molecule has 1 fully saturated rings. The lowest BCUT2D eigenvalue weighted by atomic mass is 9.99. The molecule has 232 valence electrons. The maximum Gasteiger partial charge on any atom is 0.316 e. The number of hydrogen-bond donors (Lipinski definition) is 4. The van der Waals surface area contributed by atoms with Gasteiger partial charge in [-0.3, -0.25) is 9.59 Å². The van der Waals surface area contributed by atoms with Gasteiger partial charge in [0, 0.05) is 26.1 Å². The van der Waals surface area contributed by atoms with E-state index in [1.165, 1.54) is 12.0 Å². The third-order valence-electron chi connectivity index (χ3n) is 7.19. The first-order chi connectivity index (χ1) is 21.3. The van der Waals surface area contributed by atoms with Crippen LogP contribution >= 0.6 is 11.6 Å². The van der Waals surface area contributed by atoms with E-state index in [0.717, 1.165) is 16.7 Å². The number of carbonyl (C=O) groups is 3. The van der Waals surface area contributed by atoms with Gasteiger partial charge < -0.3 is 35.3 Å². The first-order valence-electron chi connectivity index (χ1n) is 14.1. The minimum atomic E-state index is -0.917. The molecule has 2 atom stereocenters. The molecular formula is C32H37ClN6O5. The van der Waals surface area contributed by atoms with Gasteiger partial charge in [-0.25, -0.2) is 4.79 Å². The van der Waals surface area contributed by atoms with Gasteiger partial charge in [0.1, 0.15) is 23.7 Å². The van der Waals surface area contributed by atoms with Crippen molar-refractivity contribution in [3.05, 3.63) is 107 Å². The molecular weight excluding hydrogens is 584 g/mol. The lowest BCUT2D eigenvalue weighted by Crippen LogP contribution is -2.69. The van der Waals surface area contributed by atoms with E-state index in [-0.39, 0.29) is 37.9 Å². The minimum Gasteiger partial charge on any atom is -0.495 e. The van der Waals surface area contributed by atoms with Crippen molar-refractivity contribution in [1.29, 1.82) is 0 Å². The van der Waals surface area contributed by atoms with E-state index in [1.54, 1.807) is 47.4 Å². The average Bonchev–Trinajstić information content (AvgIpc) is 3.03. The molecule has 0 unspecified atom stereocenters. The van der Waals surface area contributed by atoms with Crippen molar-refractivity contribution in [1.82, 2.24) is 25.8 Å². The summed E-state index contributed by atoms with van der Waals surface area (Å²) in [5.74, 6) is 5.65. The van der Waals surface area contributed by atoms with Crippen LogP contribution in [0.1, 0.15) is 16.7 Å². The van der Waals surface area contributed by atoms with E-state index in [9.17, 15) is 14.4 Å². The van der Waals surface area contributed by atoms with Crippen molar-refractivity contribution in [2.75, 3.05) is 26.7 Å². The molecule has 0 aliphatic carbocycles. The molecule has 4 amide bonds. The third kappa shape index (κ3) is 8.50. The Hall–Kier alpha value is -4.58. The van der Waals surface area contributed by atoms with E-state index >= 15 is 0 Å². The van der Waals surface area contributed by atoms with Crippen LogP contribution in [0, 0.1) is 0 Å². The second-order valence-corrected chi connectivity index (χ2v) is 10.6. The number of ether oxygens (including phenoxy) is 1. The van der Waals surface area contributed by atoms with Crippen LogP contribution in [-0.4, -0.2) is 66.6 Å². The van der Waals surface area contributed by atoms with Gasteiger partial charge in [-0.15, -0.1) is 6.58 Å². The summed E-state index contributed by atoms with van der Waals surface area (Å²) in [7, 11) is 1.53. The van der Waals surface area contributed by atoms with Gasteiger partial charge in [-0.2, -0.15) is 5.90 Å². The zero-order valence-corrected chi connectivity index (χ0v) is 25.3. The number of carbonyl (C=O) groups excluding carboxylic acids is 3. The Kier molecular flexibility index (Phi) is 11.6. The average molecular weight is 621 g/mol. The number of methoxy groups -OCH3 is 1. The number of urea groups is 1. The predicted octanol–water partition coefficient (Wildman–Crippen LogP) is 2.98. The van der Waals surface area contributed by atoms with Crippen LogP contribution in [0.3, 0.4) is 0 Å². The van der Waals surface area contributed by atoms with E-state index < -0.39 is 18.2 Å². The SMILES string of the molecule is C=CCNCC(=O)N1[C@@H](NC(=O)NCc2ccccc2)CN(Cc2ccc(OC)c(Cl)c2)C(=O)[C@@H]1Cc1ccc(ON)cc1. The van der Waals surface area contributed by atoms with Crippen LogP contribution in [0.15, 0.2) is 85.5 Å². The molecule has 3 aromatic rings. The molecule has 1 aliphatic rings. The lowest BCUT2D eigenvalue weighted by Gasteiger charge is -2.46. The molecule has 1 aliphatic heterocycles. The fourth-order valence-electron chi connectivity index (χ4n) is 5.03. The molecule has 0 radical (unpaired) electrons. The molecule has 5 N–H and O–H groups in total. The van der Waals surface area contributed by atoms with Crippen molar-refractivity contribution < 1.29 is 24.0 Å². The Bertz CT molecular complexity index is 1440. The molecule has 0 spiro atoms. The maximum atomic E-state index is 14.1. The minimum absolute atomic E-state index is 0.0480. The second-order valence-electron chi connectivity index (χ2n) is 10.2. The van der Waals surface area contributed by atoms with E-state index in [0.29, 0.717) is 29.6 Å². The summed E-state index contributed by atoms with van der Waals surface area (Å²) in [4.78, 5) is 48.8. The van der Waals surface area contributed by atoms with Crippen molar-refractivity contribution in [3.8, 4) is 11.5 Å². The predicted molar refractivity (Wildman–Crippen MR) is 168 cm³/mol. The number of rotatable bonds is 13. The van der Waals surface area contributed by atoms with E-state index in [1.807, 2.05) is 36.4 Å². The standard InChI is InChI=1S/C32H37ClN6O5/c1-3-15-35-19-30(40)39-27(17-22-9-12-25(44-34)13-10-22)31(41)38(20-24-11-14-28(43-2)26(33)16-24)21-29(39)37-32(42)36-18-23-7-5-4-6-8-23/h3-14,16,27,29,35H,1,15,17-21,34H2,2H3,(H2,36,37,42)/t27-,29+/m0/s1. The van der Waals surface area contributed by atoms with Gasteiger partial charge in [0.15, 0.2) is 0 Å². The zero-order chi connectivity index (χ0) is 31.5. The molecule has 0 aromatic heterocycles. The molecule has 4 rings (SSSR count). The topological polar surface area (TPSA) is 138 Å². The Morgan fingerprint density at radius 2 is 1.80 bits per heavy atom. The fourth-order valence-corrected chi connectivity index (χ4v) is 5.31. The van der Waals surface area contributed by atoms with Crippen molar-refractivity contribution >= 4 is 29.4 Å². The summed E-state index contributed by atoms with van der Waals surface area (Å²) in [6.07, 6.45) is 1.01. The van der Waals surface area contributed by atoms with Crippen molar-refractivity contribution in [3.63, 3.8) is 0 Å². The summed E-state index contributed by atoms with van der Waals surface area (Å²) in [6, 6.07) is 20.3. The first-order valence-corrected chi connectivity index (χ1v) is 14.5. The number of nitrogens with zero attached hydrogens (tertiary/aromatic N) is 2. The van der Waals surface area contributed by atoms with Crippen LogP contribution in [0.2, 0.25) is 5.02 Å². The molecule has 11 nitrogen and oxygen atoms in total. The highest BCUT2D eigenvalue weighted by Crippen LogP contribution is 2.27. The summed E-state index contributed by atoms with van der Waals surface area (Å²) in [5, 5.41) is 9.22. The number of benzene rings is 3. The van der Waals surface area contributed by atoms with Gasteiger partial charge in [0.25, 0.3) is 0 Å². The molecule has 0 bridgehead atoms. The Morgan fingerprint density at radius 3 is 2.45 bits per heavy atom. The molecule has 1 saturated heterocycles. The molecule has 44 heavy (non-hydrogen) atoms. The normalized spacial score (nSPS) is 16.3. The summed E-state index contributed by atoms with van der Waals surface area (Å²) < 4.78 is 5.27. The summed E-state index contributed by atoms with van der Waals surface area (Å²) in [6.45, 7) is 4.60. The van der Waals surface area contributed by atoms with E-state index in [2.05, 4.69) is 22.5 Å². The summed E-state index contributed by atoms with van der Waals surface area (Å²) >= 11 is 6.37. The lowest BCUT2D eigenvalue weighted by molar-refractivity contribution is -0.157. The number of amides is 4. The van der Waals surface area contributed by atoms with Gasteiger partial charge in [-0.05, 0) is 41.0 Å². The second kappa shape index (κ2) is 15.8. The fraction of sp³-hybridized carbons (Fsp3) is 0.281. The van der Waals surface area contributed by atoms with Gasteiger partial charge in [-0.1, -0.05) is 66.2 Å². The van der Waals surface area contributed by atoms with Gasteiger partial charge in [0.2, 0.25) is 11.8 Å². The van der Waals surface area contributed by atoms with Crippen molar-refractivity contribution in [2.24, 2.45) is 5.90 Å². The Balaban J connectivity index is 1.64. The molecule has 12 heteroatoms. The molecule has 3 aromatic carbocycles. The van der Waals surface area contributed by atoms with Crippen LogP contribution in [0.25, 0.3) is 0 Å². The van der Waals surface area contributed by atoms with Gasteiger partial charge in [0.05, 0.1) is 25.2 Å². The Labute approximate surface area is 261 Å². The highest BCUT2D eigenvalue weighted by molar-refractivity contribution is 6.32. The molecule has 1 heterocycles. The van der Waals surface area contributed by atoms with E-state index in [4.69, 9.17) is 27.1 Å². The number of hydrogen-bond acceptors (Lipinski definition) is 7. The van der Waals surface area contributed by atoms with Crippen molar-refractivity contribution in [2.45, 2.75) is 31.7 Å². The summed E-state index contributed by atoms with van der Waals surface area (Å²) in [5.41, 5.74) is 2.47.